The summed E-state index contributed by atoms with van der Waals surface area (Å²) in [6.07, 6.45) is 4.51. The van der Waals surface area contributed by atoms with Crippen molar-refractivity contribution >= 4 is 0 Å². The summed E-state index contributed by atoms with van der Waals surface area (Å²) >= 11 is 0. The van der Waals surface area contributed by atoms with Gasteiger partial charge in [-0.1, -0.05) is 13.0 Å². The van der Waals surface area contributed by atoms with E-state index in [0.717, 1.165) is 12.5 Å². The molecule has 1 saturated heterocycles. The first kappa shape index (κ1) is 13.5. The van der Waals surface area contributed by atoms with E-state index in [9.17, 15) is 0 Å². The monoisotopic (exact) mass is 247 g/mol. The first-order valence-corrected chi connectivity index (χ1v) is 7.17. The lowest BCUT2D eigenvalue weighted by Crippen LogP contribution is -2.38. The van der Waals surface area contributed by atoms with Gasteiger partial charge in [-0.15, -0.1) is 0 Å². The maximum absolute atomic E-state index is 4.47. The van der Waals surface area contributed by atoms with Crippen LogP contribution in [-0.4, -0.2) is 36.1 Å². The minimum atomic E-state index is 0.450. The number of aromatic nitrogens is 1. The van der Waals surface area contributed by atoms with E-state index in [0.29, 0.717) is 6.04 Å². The van der Waals surface area contributed by atoms with E-state index in [2.05, 4.69) is 41.2 Å². The van der Waals surface area contributed by atoms with E-state index in [1.807, 2.05) is 12.3 Å². The molecule has 1 unspecified atom stereocenters. The van der Waals surface area contributed by atoms with Crippen molar-refractivity contribution in [3.63, 3.8) is 0 Å². The number of hydrogen-bond acceptors (Lipinski definition) is 3. The number of piperidine rings is 1. The second-order valence-electron chi connectivity index (χ2n) is 5.22. The van der Waals surface area contributed by atoms with Crippen molar-refractivity contribution in [1.29, 1.82) is 0 Å². The first-order chi connectivity index (χ1) is 8.81. The van der Waals surface area contributed by atoms with Crippen molar-refractivity contribution in [2.24, 2.45) is 5.92 Å². The van der Waals surface area contributed by atoms with Gasteiger partial charge in [0, 0.05) is 12.2 Å². The van der Waals surface area contributed by atoms with Gasteiger partial charge in [0.05, 0.1) is 5.69 Å². The van der Waals surface area contributed by atoms with Crippen LogP contribution >= 0.6 is 0 Å². The van der Waals surface area contributed by atoms with Gasteiger partial charge in [-0.2, -0.15) is 0 Å². The van der Waals surface area contributed by atoms with Crippen molar-refractivity contribution < 1.29 is 0 Å². The molecule has 0 aliphatic carbocycles. The fourth-order valence-corrected chi connectivity index (χ4v) is 2.70. The summed E-state index contributed by atoms with van der Waals surface area (Å²) < 4.78 is 0. The molecule has 0 radical (unpaired) electrons. The molecule has 1 atom stereocenters. The molecule has 1 aliphatic rings. The summed E-state index contributed by atoms with van der Waals surface area (Å²) in [5.41, 5.74) is 1.20. The van der Waals surface area contributed by atoms with Gasteiger partial charge in [0.15, 0.2) is 0 Å². The largest absolute Gasteiger partial charge is 0.317 e. The predicted octanol–water partition coefficient (Wildman–Crippen LogP) is 2.46. The molecule has 2 rings (SSSR count). The Bertz CT molecular complexity index is 331. The SMILES string of the molecule is CCNCC1CCN(C(C)c2ccccn2)CC1. The molecule has 1 aromatic heterocycles. The third kappa shape index (κ3) is 3.53. The van der Waals surface area contributed by atoms with E-state index in [1.54, 1.807) is 0 Å². The van der Waals surface area contributed by atoms with Crippen LogP contribution in [0.5, 0.6) is 0 Å². The molecular formula is C15H25N3. The van der Waals surface area contributed by atoms with Gasteiger partial charge < -0.3 is 5.32 Å². The van der Waals surface area contributed by atoms with Crippen molar-refractivity contribution in [3.05, 3.63) is 30.1 Å². The zero-order valence-electron chi connectivity index (χ0n) is 11.6. The van der Waals surface area contributed by atoms with E-state index in [4.69, 9.17) is 0 Å². The molecule has 1 aromatic rings. The summed E-state index contributed by atoms with van der Waals surface area (Å²) in [6, 6.07) is 6.65. The van der Waals surface area contributed by atoms with Crippen LogP contribution in [0.15, 0.2) is 24.4 Å². The fourth-order valence-electron chi connectivity index (χ4n) is 2.70. The summed E-state index contributed by atoms with van der Waals surface area (Å²) in [4.78, 5) is 7.03. The van der Waals surface area contributed by atoms with E-state index >= 15 is 0 Å². The van der Waals surface area contributed by atoms with Crippen LogP contribution in [0.2, 0.25) is 0 Å². The molecule has 0 spiro atoms. The molecule has 1 fully saturated rings. The van der Waals surface area contributed by atoms with Gasteiger partial charge in [-0.25, -0.2) is 0 Å². The Kier molecular flexibility index (Phi) is 5.14. The van der Waals surface area contributed by atoms with Gasteiger partial charge in [0.1, 0.15) is 0 Å². The van der Waals surface area contributed by atoms with Crippen LogP contribution in [0.1, 0.15) is 38.4 Å². The van der Waals surface area contributed by atoms with Gasteiger partial charge in [-0.05, 0) is 64.0 Å². The van der Waals surface area contributed by atoms with Crippen LogP contribution in [0, 0.1) is 5.92 Å². The number of likely N-dealkylation sites (tertiary alicyclic amines) is 1. The number of hydrogen-bond donors (Lipinski definition) is 1. The van der Waals surface area contributed by atoms with Crippen LogP contribution in [0.4, 0.5) is 0 Å². The summed E-state index contributed by atoms with van der Waals surface area (Å²) in [5, 5.41) is 3.46. The second-order valence-corrected chi connectivity index (χ2v) is 5.22. The second kappa shape index (κ2) is 6.86. The Morgan fingerprint density at radius 3 is 2.78 bits per heavy atom. The molecule has 2 heterocycles. The number of nitrogens with one attached hydrogen (secondary N) is 1. The lowest BCUT2D eigenvalue weighted by Gasteiger charge is -2.35. The fraction of sp³-hybridized carbons (Fsp3) is 0.667. The highest BCUT2D eigenvalue weighted by molar-refractivity contribution is 5.08. The Hall–Kier alpha value is -0.930. The van der Waals surface area contributed by atoms with Gasteiger partial charge >= 0.3 is 0 Å². The average Bonchev–Trinajstić information content (AvgIpc) is 2.46. The molecule has 3 heteroatoms. The molecule has 0 aromatic carbocycles. The highest BCUT2D eigenvalue weighted by Gasteiger charge is 2.23. The lowest BCUT2D eigenvalue weighted by molar-refractivity contribution is 0.138. The Labute approximate surface area is 111 Å². The average molecular weight is 247 g/mol. The molecule has 3 nitrogen and oxygen atoms in total. The number of nitrogens with zero attached hydrogens (tertiary/aromatic N) is 2. The molecule has 0 bridgehead atoms. The van der Waals surface area contributed by atoms with Crippen LogP contribution in [-0.2, 0) is 0 Å². The highest BCUT2D eigenvalue weighted by Crippen LogP contribution is 2.24. The number of pyridine rings is 1. The van der Waals surface area contributed by atoms with Crippen molar-refractivity contribution in [2.75, 3.05) is 26.2 Å². The minimum absolute atomic E-state index is 0.450. The quantitative estimate of drug-likeness (QED) is 0.866. The molecular weight excluding hydrogens is 222 g/mol. The highest BCUT2D eigenvalue weighted by atomic mass is 15.2. The Balaban J connectivity index is 1.82. The van der Waals surface area contributed by atoms with E-state index < -0.39 is 0 Å². The van der Waals surface area contributed by atoms with E-state index in [1.165, 1.54) is 38.2 Å². The maximum Gasteiger partial charge on any atom is 0.0572 e. The summed E-state index contributed by atoms with van der Waals surface area (Å²) in [5.74, 6) is 0.858. The lowest BCUT2D eigenvalue weighted by atomic mass is 9.95. The predicted molar refractivity (Wildman–Crippen MR) is 75.5 cm³/mol. The maximum atomic E-state index is 4.47. The summed E-state index contributed by atoms with van der Waals surface area (Å²) in [7, 11) is 0. The third-order valence-electron chi connectivity index (χ3n) is 4.00. The van der Waals surface area contributed by atoms with Gasteiger partial charge in [0.2, 0.25) is 0 Å². The molecule has 100 valence electrons. The molecule has 0 amide bonds. The Morgan fingerprint density at radius 1 is 1.39 bits per heavy atom. The van der Waals surface area contributed by atoms with Crippen molar-refractivity contribution in [2.45, 2.75) is 32.7 Å². The normalized spacial score (nSPS) is 19.9. The Morgan fingerprint density at radius 2 is 2.17 bits per heavy atom. The van der Waals surface area contributed by atoms with Gasteiger partial charge in [0.25, 0.3) is 0 Å². The minimum Gasteiger partial charge on any atom is -0.317 e. The van der Waals surface area contributed by atoms with Crippen LogP contribution < -0.4 is 5.32 Å². The third-order valence-corrected chi connectivity index (χ3v) is 4.00. The standard InChI is InChI=1S/C15H25N3/c1-3-16-12-14-7-10-18(11-8-14)13(2)15-6-4-5-9-17-15/h4-6,9,13-14,16H,3,7-8,10-12H2,1-2H3. The van der Waals surface area contributed by atoms with Crippen LogP contribution in [0.25, 0.3) is 0 Å². The molecule has 18 heavy (non-hydrogen) atoms. The first-order valence-electron chi connectivity index (χ1n) is 7.17. The molecule has 0 saturated carbocycles. The van der Waals surface area contributed by atoms with Gasteiger partial charge in [-0.3, -0.25) is 9.88 Å². The van der Waals surface area contributed by atoms with Crippen molar-refractivity contribution in [1.82, 2.24) is 15.2 Å². The molecule has 1 aliphatic heterocycles. The molecule has 1 N–H and O–H groups in total. The van der Waals surface area contributed by atoms with E-state index in [-0.39, 0.29) is 0 Å². The zero-order valence-corrected chi connectivity index (χ0v) is 11.6. The number of rotatable bonds is 5. The smallest absolute Gasteiger partial charge is 0.0572 e. The van der Waals surface area contributed by atoms with Crippen molar-refractivity contribution in [3.8, 4) is 0 Å². The topological polar surface area (TPSA) is 28.2 Å². The zero-order chi connectivity index (χ0) is 12.8. The van der Waals surface area contributed by atoms with Crippen LogP contribution in [0.3, 0.4) is 0 Å². The summed E-state index contributed by atoms with van der Waals surface area (Å²) in [6.45, 7) is 9.12.